The van der Waals surface area contributed by atoms with Gasteiger partial charge in [0.1, 0.15) is 11.2 Å². The van der Waals surface area contributed by atoms with Crippen molar-refractivity contribution in [1.82, 2.24) is 0 Å². The Hall–Kier alpha value is -6.90. The molecule has 52 heavy (non-hydrogen) atoms. The molecule has 10 aromatic rings. The van der Waals surface area contributed by atoms with Crippen molar-refractivity contribution in [3.63, 3.8) is 0 Å². The molecule has 0 spiro atoms. The number of hydrogen-bond acceptors (Lipinski definition) is 2. The molecule has 244 valence electrons. The van der Waals surface area contributed by atoms with Crippen LogP contribution in [0.25, 0.3) is 76.9 Å². The highest BCUT2D eigenvalue weighted by Gasteiger charge is 2.22. The second kappa shape index (κ2) is 12.5. The van der Waals surface area contributed by atoms with Crippen LogP contribution in [0.3, 0.4) is 0 Å². The van der Waals surface area contributed by atoms with Gasteiger partial charge in [0.25, 0.3) is 0 Å². The number of fused-ring (bicyclic) bond motifs is 8. The SMILES string of the molecule is [2H]c1c([2H])c([2H])c(-c2cc(N(c3ccc(-c4ccccc4)cc3)c3ccc(-c4ccccc4)cc3)cc3oc4c5ccccc5c5ccccc5c4c23)c([2H])c1[2H]. The van der Waals surface area contributed by atoms with E-state index in [1.54, 1.807) is 0 Å². The predicted octanol–water partition coefficient (Wildman–Crippen LogP) is 14.4. The van der Waals surface area contributed by atoms with Crippen LogP contribution in [0.15, 0.2) is 204 Å². The van der Waals surface area contributed by atoms with E-state index >= 15 is 0 Å². The molecule has 0 amide bonds. The summed E-state index contributed by atoms with van der Waals surface area (Å²) in [6.07, 6.45) is 0. The summed E-state index contributed by atoms with van der Waals surface area (Å²) in [5.41, 5.74) is 8.64. The third-order valence-electron chi connectivity index (χ3n) is 9.93. The lowest BCUT2D eigenvalue weighted by molar-refractivity contribution is 0.673. The Morgan fingerprint density at radius 2 is 0.865 bits per heavy atom. The van der Waals surface area contributed by atoms with Crippen LogP contribution < -0.4 is 4.90 Å². The van der Waals surface area contributed by atoms with Crippen molar-refractivity contribution in [2.75, 3.05) is 4.90 Å². The average Bonchev–Trinajstić information content (AvgIpc) is 3.67. The Balaban J connectivity index is 1.30. The first-order valence-electron chi connectivity index (χ1n) is 19.9. The molecule has 0 fully saturated rings. The molecule has 9 aromatic carbocycles. The Kier molecular flexibility index (Phi) is 6.01. The van der Waals surface area contributed by atoms with Gasteiger partial charge in [0.2, 0.25) is 0 Å². The maximum atomic E-state index is 9.20. The van der Waals surface area contributed by atoms with Crippen molar-refractivity contribution < 1.29 is 11.3 Å². The molecule has 1 aromatic heterocycles. The van der Waals surface area contributed by atoms with Gasteiger partial charge in [-0.3, -0.25) is 0 Å². The molecule has 0 aliphatic rings. The third-order valence-corrected chi connectivity index (χ3v) is 9.93. The average molecular weight is 669 g/mol. The molecule has 0 aliphatic carbocycles. The molecule has 10 rings (SSSR count). The van der Waals surface area contributed by atoms with Crippen molar-refractivity contribution in [3.8, 4) is 33.4 Å². The van der Waals surface area contributed by atoms with Crippen molar-refractivity contribution in [2.45, 2.75) is 0 Å². The summed E-state index contributed by atoms with van der Waals surface area (Å²) in [7, 11) is 0. The van der Waals surface area contributed by atoms with Crippen molar-refractivity contribution in [2.24, 2.45) is 0 Å². The molecular weight excluding hydrogens is 631 g/mol. The fourth-order valence-electron chi connectivity index (χ4n) is 7.54. The zero-order valence-corrected chi connectivity index (χ0v) is 28.0. The Morgan fingerprint density at radius 1 is 0.385 bits per heavy atom. The van der Waals surface area contributed by atoms with Gasteiger partial charge in [-0.05, 0) is 79.9 Å². The fourth-order valence-corrected chi connectivity index (χ4v) is 7.54. The summed E-state index contributed by atoms with van der Waals surface area (Å²) in [6, 6.07) is 55.7. The number of rotatable bonds is 6. The molecule has 0 unspecified atom stereocenters. The number of anilines is 3. The smallest absolute Gasteiger partial charge is 0.143 e. The minimum Gasteiger partial charge on any atom is -0.455 e. The normalized spacial score (nSPS) is 12.8. The molecule has 1 heterocycles. The second-order valence-corrected chi connectivity index (χ2v) is 12.9. The summed E-state index contributed by atoms with van der Waals surface area (Å²) in [4.78, 5) is 2.13. The standard InChI is InChI=1S/C50H33NO/c1-4-14-34(15-5-1)36-24-28-39(29-25-36)51(40-30-26-37(27-31-40)35-16-6-2-7-17-35)41-32-46(38-18-8-3-9-19-38)48-47(33-41)52-50-45-23-13-11-21-43(45)42-20-10-12-22-44(42)49(48)50/h1-33H/i3D,8D,9D,18D,19D. The molecule has 0 N–H and O–H groups in total. The van der Waals surface area contributed by atoms with E-state index in [4.69, 9.17) is 8.53 Å². The van der Waals surface area contributed by atoms with Crippen molar-refractivity contribution in [1.29, 1.82) is 0 Å². The summed E-state index contributed by atoms with van der Waals surface area (Å²) in [6.45, 7) is 0. The molecule has 2 nitrogen and oxygen atoms in total. The Bertz CT molecular complexity index is 3050. The molecule has 0 saturated heterocycles. The van der Waals surface area contributed by atoms with Crippen LogP contribution in [0, 0.1) is 0 Å². The van der Waals surface area contributed by atoms with Gasteiger partial charge in [-0.1, -0.05) is 164 Å². The largest absolute Gasteiger partial charge is 0.455 e. The first kappa shape index (κ1) is 25.1. The van der Waals surface area contributed by atoms with Crippen LogP contribution in [0.1, 0.15) is 6.85 Å². The van der Waals surface area contributed by atoms with Crippen LogP contribution in [0.2, 0.25) is 0 Å². The zero-order valence-electron chi connectivity index (χ0n) is 33.0. The maximum absolute atomic E-state index is 9.20. The van der Waals surface area contributed by atoms with E-state index in [9.17, 15) is 2.74 Å². The molecule has 2 heteroatoms. The molecule has 0 bridgehead atoms. The van der Waals surface area contributed by atoms with Gasteiger partial charge in [-0.25, -0.2) is 0 Å². The van der Waals surface area contributed by atoms with Crippen molar-refractivity contribution in [3.05, 3.63) is 200 Å². The van der Waals surface area contributed by atoms with Gasteiger partial charge in [0.05, 0.1) is 12.5 Å². The van der Waals surface area contributed by atoms with Gasteiger partial charge in [-0.15, -0.1) is 0 Å². The van der Waals surface area contributed by atoms with E-state index in [-0.39, 0.29) is 17.6 Å². The Labute approximate surface area is 309 Å². The monoisotopic (exact) mass is 668 g/mol. The van der Waals surface area contributed by atoms with Gasteiger partial charge in [-0.2, -0.15) is 0 Å². The predicted molar refractivity (Wildman–Crippen MR) is 220 cm³/mol. The molecular formula is C50H33NO. The summed E-state index contributed by atoms with van der Waals surface area (Å²) in [5.74, 6) is 0. The lowest BCUT2D eigenvalue weighted by atomic mass is 9.93. The number of nitrogens with zero attached hydrogens (tertiary/aromatic N) is 1. The second-order valence-electron chi connectivity index (χ2n) is 12.9. The summed E-state index contributed by atoms with van der Waals surface area (Å²) in [5, 5.41) is 5.49. The van der Waals surface area contributed by atoms with E-state index in [0.717, 1.165) is 60.6 Å². The molecule has 0 radical (unpaired) electrons. The Morgan fingerprint density at radius 3 is 1.44 bits per heavy atom. The number of furan rings is 1. The van der Waals surface area contributed by atoms with E-state index in [1.807, 2.05) is 78.9 Å². The highest BCUT2D eigenvalue weighted by atomic mass is 16.3. The lowest BCUT2D eigenvalue weighted by Gasteiger charge is -2.26. The number of hydrogen-bond donors (Lipinski definition) is 0. The molecule has 0 aliphatic heterocycles. The first-order chi connectivity index (χ1) is 27.9. The van der Waals surface area contributed by atoms with Gasteiger partial charge < -0.3 is 9.32 Å². The van der Waals surface area contributed by atoms with Crippen LogP contribution in [-0.4, -0.2) is 0 Å². The van der Waals surface area contributed by atoms with Crippen molar-refractivity contribution >= 4 is 60.5 Å². The summed E-state index contributed by atoms with van der Waals surface area (Å²) < 4.78 is 51.2. The topological polar surface area (TPSA) is 16.4 Å². The quantitative estimate of drug-likeness (QED) is 0.164. The van der Waals surface area contributed by atoms with E-state index < -0.39 is 18.1 Å². The van der Waals surface area contributed by atoms with E-state index in [2.05, 4.69) is 95.9 Å². The van der Waals surface area contributed by atoms with Gasteiger partial charge >= 0.3 is 0 Å². The molecule has 0 atom stereocenters. The first-order valence-corrected chi connectivity index (χ1v) is 17.4. The van der Waals surface area contributed by atoms with Crippen LogP contribution in [0.4, 0.5) is 17.1 Å². The third kappa shape index (κ3) is 5.04. The van der Waals surface area contributed by atoms with E-state index in [0.29, 0.717) is 27.8 Å². The maximum Gasteiger partial charge on any atom is 0.143 e. The van der Waals surface area contributed by atoms with Crippen LogP contribution in [-0.2, 0) is 0 Å². The highest BCUT2D eigenvalue weighted by molar-refractivity contribution is 6.32. The van der Waals surface area contributed by atoms with Gasteiger partial charge in [0, 0.05) is 33.6 Å². The number of benzene rings is 9. The highest BCUT2D eigenvalue weighted by Crippen LogP contribution is 2.47. The minimum atomic E-state index is -0.437. The minimum absolute atomic E-state index is 0.117. The van der Waals surface area contributed by atoms with Crippen LogP contribution in [0.5, 0.6) is 0 Å². The fraction of sp³-hybridized carbons (Fsp3) is 0. The lowest BCUT2D eigenvalue weighted by Crippen LogP contribution is -2.10. The van der Waals surface area contributed by atoms with Gasteiger partial charge in [0.15, 0.2) is 0 Å². The molecule has 0 saturated carbocycles. The van der Waals surface area contributed by atoms with Crippen LogP contribution >= 0.6 is 0 Å². The van der Waals surface area contributed by atoms with E-state index in [1.165, 1.54) is 0 Å². The zero-order chi connectivity index (χ0) is 38.8. The summed E-state index contributed by atoms with van der Waals surface area (Å²) >= 11 is 0.